The lowest BCUT2D eigenvalue weighted by atomic mass is 10.2. The summed E-state index contributed by atoms with van der Waals surface area (Å²) in [7, 11) is 0. The first-order chi connectivity index (χ1) is 16.0. The van der Waals surface area contributed by atoms with Gasteiger partial charge in [-0.2, -0.15) is 0 Å². The number of aromatic nitrogens is 1. The number of hydrogen-bond acceptors (Lipinski definition) is 6. The molecule has 0 radical (unpaired) electrons. The Morgan fingerprint density at radius 1 is 1.03 bits per heavy atom. The highest BCUT2D eigenvalue weighted by molar-refractivity contribution is 7.98. The molecule has 7 nitrogen and oxygen atoms in total. The molecule has 1 saturated heterocycles. The van der Waals surface area contributed by atoms with E-state index in [4.69, 9.17) is 4.52 Å². The minimum atomic E-state index is -0.0385. The largest absolute Gasteiger partial charge is 0.361 e. The van der Waals surface area contributed by atoms with Crippen LogP contribution >= 0.6 is 11.8 Å². The predicted octanol–water partition coefficient (Wildman–Crippen LogP) is 3.98. The Kier molecular flexibility index (Phi) is 7.47. The van der Waals surface area contributed by atoms with E-state index in [9.17, 15) is 9.59 Å². The standard InChI is InChI=1S/C25H28N4O3S/c1-18-7-9-20(10-8-18)26-24(30)16-28-11-13-29(14-12-28)25(31)22-5-3-4-6-23(22)33-17-21-15-19(2)32-27-21/h3-10,15H,11-14,16-17H2,1-2H3,(H,26,30). The minimum Gasteiger partial charge on any atom is -0.361 e. The Labute approximate surface area is 198 Å². The number of anilines is 1. The number of carbonyl (C=O) groups excluding carboxylic acids is 2. The third-order valence-corrected chi connectivity index (χ3v) is 6.64. The van der Waals surface area contributed by atoms with Crippen LogP contribution in [0.4, 0.5) is 5.69 Å². The van der Waals surface area contributed by atoms with Gasteiger partial charge in [-0.1, -0.05) is 35.0 Å². The number of thioether (sulfide) groups is 1. The molecule has 2 heterocycles. The Morgan fingerprint density at radius 3 is 2.45 bits per heavy atom. The molecule has 1 fully saturated rings. The number of benzene rings is 2. The molecule has 33 heavy (non-hydrogen) atoms. The maximum atomic E-state index is 13.2. The second kappa shape index (κ2) is 10.7. The Hall–Kier alpha value is -3.10. The third kappa shape index (κ3) is 6.24. The van der Waals surface area contributed by atoms with Gasteiger partial charge in [0, 0.05) is 48.6 Å². The molecule has 0 atom stereocenters. The molecule has 0 spiro atoms. The van der Waals surface area contributed by atoms with Crippen molar-refractivity contribution in [1.29, 1.82) is 0 Å². The van der Waals surface area contributed by atoms with Gasteiger partial charge in [0.2, 0.25) is 5.91 Å². The van der Waals surface area contributed by atoms with Gasteiger partial charge in [0.25, 0.3) is 5.91 Å². The van der Waals surface area contributed by atoms with Gasteiger partial charge < -0.3 is 14.7 Å². The summed E-state index contributed by atoms with van der Waals surface area (Å²) in [4.78, 5) is 30.5. The van der Waals surface area contributed by atoms with E-state index in [2.05, 4.69) is 15.4 Å². The van der Waals surface area contributed by atoms with Gasteiger partial charge in [-0.3, -0.25) is 14.5 Å². The van der Waals surface area contributed by atoms with Crippen LogP contribution in [-0.4, -0.2) is 59.5 Å². The van der Waals surface area contributed by atoms with E-state index in [1.165, 1.54) is 0 Å². The van der Waals surface area contributed by atoms with E-state index >= 15 is 0 Å². The Balaban J connectivity index is 1.29. The highest BCUT2D eigenvalue weighted by Gasteiger charge is 2.25. The van der Waals surface area contributed by atoms with Gasteiger partial charge in [-0.25, -0.2) is 0 Å². The number of piperazine rings is 1. The molecule has 1 aromatic heterocycles. The van der Waals surface area contributed by atoms with E-state index in [0.717, 1.165) is 27.6 Å². The van der Waals surface area contributed by atoms with Crippen LogP contribution in [0.1, 0.15) is 27.4 Å². The third-order valence-electron chi connectivity index (χ3n) is 5.53. The average Bonchev–Trinajstić information content (AvgIpc) is 3.24. The van der Waals surface area contributed by atoms with Crippen LogP contribution in [0.25, 0.3) is 0 Å². The first-order valence-corrected chi connectivity index (χ1v) is 12.0. The fourth-order valence-corrected chi connectivity index (χ4v) is 4.65. The lowest BCUT2D eigenvalue weighted by Gasteiger charge is -2.34. The Bertz CT molecular complexity index is 1100. The molecular weight excluding hydrogens is 436 g/mol. The van der Waals surface area contributed by atoms with Crippen LogP contribution in [0, 0.1) is 13.8 Å². The number of amides is 2. The fraction of sp³-hybridized carbons (Fsp3) is 0.320. The number of aryl methyl sites for hydroxylation is 2. The van der Waals surface area contributed by atoms with E-state index in [-0.39, 0.29) is 11.8 Å². The number of hydrogen-bond donors (Lipinski definition) is 1. The average molecular weight is 465 g/mol. The van der Waals surface area contributed by atoms with Crippen LogP contribution < -0.4 is 5.32 Å². The normalized spacial score (nSPS) is 14.3. The van der Waals surface area contributed by atoms with E-state index in [1.54, 1.807) is 11.8 Å². The minimum absolute atomic E-state index is 0.0261. The topological polar surface area (TPSA) is 78.7 Å². The van der Waals surface area contributed by atoms with E-state index < -0.39 is 0 Å². The van der Waals surface area contributed by atoms with Crippen LogP contribution in [-0.2, 0) is 10.5 Å². The fourth-order valence-electron chi connectivity index (χ4n) is 3.73. The summed E-state index contributed by atoms with van der Waals surface area (Å²) < 4.78 is 5.13. The number of nitrogens with one attached hydrogen (secondary N) is 1. The lowest BCUT2D eigenvalue weighted by molar-refractivity contribution is -0.117. The van der Waals surface area contributed by atoms with Gasteiger partial charge in [0.15, 0.2) is 0 Å². The Morgan fingerprint density at radius 2 is 1.76 bits per heavy atom. The van der Waals surface area contributed by atoms with Crippen molar-refractivity contribution in [2.75, 3.05) is 38.0 Å². The van der Waals surface area contributed by atoms with Gasteiger partial charge in [-0.15, -0.1) is 11.8 Å². The molecule has 1 aliphatic rings. The zero-order chi connectivity index (χ0) is 23.2. The molecule has 1 N–H and O–H groups in total. The van der Waals surface area contributed by atoms with Crippen molar-refractivity contribution in [3.63, 3.8) is 0 Å². The summed E-state index contributed by atoms with van der Waals surface area (Å²) in [5.74, 6) is 1.41. The second-order valence-corrected chi connectivity index (χ2v) is 9.21. The molecule has 4 rings (SSSR count). The highest BCUT2D eigenvalue weighted by Crippen LogP contribution is 2.27. The number of rotatable bonds is 7. The van der Waals surface area contributed by atoms with Crippen molar-refractivity contribution < 1.29 is 14.1 Å². The van der Waals surface area contributed by atoms with Gasteiger partial charge >= 0.3 is 0 Å². The summed E-state index contributed by atoms with van der Waals surface area (Å²) in [6, 6.07) is 17.3. The van der Waals surface area contributed by atoms with E-state index in [1.807, 2.05) is 73.3 Å². The summed E-state index contributed by atoms with van der Waals surface area (Å²) in [5.41, 5.74) is 3.52. The summed E-state index contributed by atoms with van der Waals surface area (Å²) >= 11 is 1.58. The van der Waals surface area contributed by atoms with Gasteiger partial charge in [-0.05, 0) is 38.1 Å². The van der Waals surface area contributed by atoms with Crippen LogP contribution in [0.15, 0.2) is 64.0 Å². The van der Waals surface area contributed by atoms with Crippen LogP contribution in [0.2, 0.25) is 0 Å². The molecule has 2 aromatic carbocycles. The zero-order valence-corrected chi connectivity index (χ0v) is 19.7. The zero-order valence-electron chi connectivity index (χ0n) is 18.9. The van der Waals surface area contributed by atoms with Crippen molar-refractivity contribution in [2.45, 2.75) is 24.5 Å². The van der Waals surface area contributed by atoms with Crippen molar-refractivity contribution in [2.24, 2.45) is 0 Å². The van der Waals surface area contributed by atoms with Crippen molar-refractivity contribution >= 4 is 29.3 Å². The monoisotopic (exact) mass is 464 g/mol. The SMILES string of the molecule is Cc1ccc(NC(=O)CN2CCN(C(=O)c3ccccc3SCc3cc(C)on3)CC2)cc1. The van der Waals surface area contributed by atoms with Gasteiger partial charge in [0.05, 0.1) is 17.8 Å². The molecule has 3 aromatic rings. The van der Waals surface area contributed by atoms with Crippen molar-refractivity contribution in [1.82, 2.24) is 15.0 Å². The molecule has 0 saturated carbocycles. The van der Waals surface area contributed by atoms with Crippen molar-refractivity contribution in [3.8, 4) is 0 Å². The molecule has 8 heteroatoms. The smallest absolute Gasteiger partial charge is 0.255 e. The molecule has 0 aliphatic carbocycles. The molecule has 2 amide bonds. The highest BCUT2D eigenvalue weighted by atomic mass is 32.2. The van der Waals surface area contributed by atoms with Crippen LogP contribution in [0.3, 0.4) is 0 Å². The summed E-state index contributed by atoms with van der Waals surface area (Å²) in [6.45, 7) is 6.72. The first kappa shape index (κ1) is 23.1. The van der Waals surface area contributed by atoms with Gasteiger partial charge in [0.1, 0.15) is 5.76 Å². The number of nitrogens with zero attached hydrogens (tertiary/aromatic N) is 3. The van der Waals surface area contributed by atoms with E-state index in [0.29, 0.717) is 44.0 Å². The lowest BCUT2D eigenvalue weighted by Crippen LogP contribution is -2.50. The molecule has 0 unspecified atom stereocenters. The predicted molar refractivity (Wildman–Crippen MR) is 129 cm³/mol. The van der Waals surface area contributed by atoms with Crippen LogP contribution in [0.5, 0.6) is 0 Å². The maximum Gasteiger partial charge on any atom is 0.255 e. The molecule has 0 bridgehead atoms. The first-order valence-electron chi connectivity index (χ1n) is 11.0. The summed E-state index contributed by atoms with van der Waals surface area (Å²) in [5, 5.41) is 6.96. The molecular formula is C25H28N4O3S. The molecule has 1 aliphatic heterocycles. The maximum absolute atomic E-state index is 13.2. The van der Waals surface area contributed by atoms with Crippen molar-refractivity contribution in [3.05, 3.63) is 77.2 Å². The second-order valence-electron chi connectivity index (χ2n) is 8.20. The quantitative estimate of drug-likeness (QED) is 0.533. The molecule has 172 valence electrons. The number of carbonyl (C=O) groups is 2. The summed E-state index contributed by atoms with van der Waals surface area (Å²) in [6.07, 6.45) is 0.